The van der Waals surface area contributed by atoms with Gasteiger partial charge in [0.15, 0.2) is 0 Å². The number of hydrogen-bond acceptors (Lipinski definition) is 2. The highest BCUT2D eigenvalue weighted by Gasteiger charge is 2.09. The Bertz CT molecular complexity index is 714. The molecule has 0 atom stereocenters. The van der Waals surface area contributed by atoms with E-state index in [9.17, 15) is 0 Å². The Morgan fingerprint density at radius 2 is 1.83 bits per heavy atom. The molecule has 2 aromatic carbocycles. The van der Waals surface area contributed by atoms with E-state index in [2.05, 4.69) is 9.55 Å². The molecule has 0 saturated carbocycles. The molecule has 90 valence electrons. The highest BCUT2D eigenvalue weighted by atomic mass is 35.5. The Hall–Kier alpha value is -2.00. The number of aromatic nitrogens is 2. The number of fused-ring (bicyclic) bond motifs is 1. The second-order valence-electron chi connectivity index (χ2n) is 4.22. The fraction of sp³-hybridized carbons (Fsp3) is 0.0714. The van der Waals surface area contributed by atoms with Crippen molar-refractivity contribution < 1.29 is 0 Å². The van der Waals surface area contributed by atoms with E-state index in [1.165, 1.54) is 0 Å². The molecule has 1 heterocycles. The molecule has 0 unspecified atom stereocenters. The molecular formula is C14H12ClN3. The maximum absolute atomic E-state index is 5.91. The number of rotatable bonds is 1. The average Bonchev–Trinajstić information content (AvgIpc) is 2.65. The summed E-state index contributed by atoms with van der Waals surface area (Å²) >= 11 is 5.91. The average molecular weight is 258 g/mol. The molecule has 0 fully saturated rings. The van der Waals surface area contributed by atoms with Gasteiger partial charge in [0.2, 0.25) is 0 Å². The van der Waals surface area contributed by atoms with Crippen LogP contribution >= 0.6 is 11.6 Å². The first-order valence-corrected chi connectivity index (χ1v) is 6.03. The third-order valence-corrected chi connectivity index (χ3v) is 3.18. The number of nitrogens with zero attached hydrogens (tertiary/aromatic N) is 2. The molecule has 0 saturated heterocycles. The van der Waals surface area contributed by atoms with Gasteiger partial charge < -0.3 is 5.73 Å². The molecule has 0 spiro atoms. The zero-order chi connectivity index (χ0) is 12.7. The van der Waals surface area contributed by atoms with Gasteiger partial charge in [-0.15, -0.1) is 0 Å². The molecule has 0 aliphatic rings. The number of hydrogen-bond donors (Lipinski definition) is 1. The quantitative estimate of drug-likeness (QED) is 0.678. The SMILES string of the molecule is Cc1nc2cc(N)ccc2n1-c1ccc(Cl)cc1. The zero-order valence-corrected chi connectivity index (χ0v) is 10.6. The van der Waals surface area contributed by atoms with E-state index in [4.69, 9.17) is 17.3 Å². The van der Waals surface area contributed by atoms with Gasteiger partial charge in [0.05, 0.1) is 11.0 Å². The predicted octanol–water partition coefficient (Wildman–Crippen LogP) is 3.57. The van der Waals surface area contributed by atoms with E-state index < -0.39 is 0 Å². The van der Waals surface area contributed by atoms with Crippen LogP contribution in [0.25, 0.3) is 16.7 Å². The number of nitrogens with two attached hydrogens (primary N) is 1. The van der Waals surface area contributed by atoms with E-state index in [-0.39, 0.29) is 0 Å². The van der Waals surface area contributed by atoms with Crippen LogP contribution in [-0.2, 0) is 0 Å². The normalized spacial score (nSPS) is 11.0. The molecule has 3 aromatic rings. The topological polar surface area (TPSA) is 43.8 Å². The first-order valence-electron chi connectivity index (χ1n) is 5.66. The van der Waals surface area contributed by atoms with E-state index in [1.54, 1.807) is 0 Å². The highest BCUT2D eigenvalue weighted by molar-refractivity contribution is 6.30. The number of nitrogen functional groups attached to an aromatic ring is 1. The summed E-state index contributed by atoms with van der Waals surface area (Å²) in [4.78, 5) is 4.52. The van der Waals surface area contributed by atoms with Crippen LogP contribution in [0.15, 0.2) is 42.5 Å². The lowest BCUT2D eigenvalue weighted by atomic mass is 10.2. The van der Waals surface area contributed by atoms with Gasteiger partial charge in [-0.3, -0.25) is 4.57 Å². The van der Waals surface area contributed by atoms with Crippen molar-refractivity contribution in [3.05, 3.63) is 53.3 Å². The van der Waals surface area contributed by atoms with Gasteiger partial charge in [0.25, 0.3) is 0 Å². The van der Waals surface area contributed by atoms with Crippen LogP contribution in [0.3, 0.4) is 0 Å². The van der Waals surface area contributed by atoms with E-state index in [0.29, 0.717) is 0 Å². The summed E-state index contributed by atoms with van der Waals surface area (Å²) in [5.41, 5.74) is 9.50. The molecule has 0 aliphatic heterocycles. The molecule has 3 nitrogen and oxygen atoms in total. The number of anilines is 1. The van der Waals surface area contributed by atoms with Gasteiger partial charge >= 0.3 is 0 Å². The summed E-state index contributed by atoms with van der Waals surface area (Å²) in [7, 11) is 0. The largest absolute Gasteiger partial charge is 0.399 e. The fourth-order valence-corrected chi connectivity index (χ4v) is 2.26. The van der Waals surface area contributed by atoms with Gasteiger partial charge in [-0.25, -0.2) is 4.98 Å². The summed E-state index contributed by atoms with van der Waals surface area (Å²) in [5, 5.41) is 0.727. The highest BCUT2D eigenvalue weighted by Crippen LogP contribution is 2.23. The smallest absolute Gasteiger partial charge is 0.111 e. The van der Waals surface area contributed by atoms with Crippen molar-refractivity contribution in [1.82, 2.24) is 9.55 Å². The lowest BCUT2D eigenvalue weighted by molar-refractivity contribution is 1.00. The lowest BCUT2D eigenvalue weighted by Crippen LogP contribution is -1.96. The van der Waals surface area contributed by atoms with Gasteiger partial charge in [-0.1, -0.05) is 11.6 Å². The summed E-state index contributed by atoms with van der Waals surface area (Å²) in [5.74, 6) is 0.929. The summed E-state index contributed by atoms with van der Waals surface area (Å²) < 4.78 is 2.09. The Morgan fingerprint density at radius 1 is 1.11 bits per heavy atom. The Kier molecular flexibility index (Phi) is 2.49. The van der Waals surface area contributed by atoms with Crippen molar-refractivity contribution in [3.8, 4) is 5.69 Å². The third kappa shape index (κ3) is 1.73. The van der Waals surface area contributed by atoms with E-state index in [0.717, 1.165) is 33.3 Å². The molecule has 0 bridgehead atoms. The molecule has 18 heavy (non-hydrogen) atoms. The monoisotopic (exact) mass is 257 g/mol. The van der Waals surface area contributed by atoms with Crippen LogP contribution in [0.5, 0.6) is 0 Å². The second-order valence-corrected chi connectivity index (χ2v) is 4.66. The van der Waals surface area contributed by atoms with Gasteiger partial charge in [0, 0.05) is 16.4 Å². The summed E-state index contributed by atoms with van der Waals surface area (Å²) in [6.45, 7) is 1.98. The molecule has 0 amide bonds. The molecule has 0 aliphatic carbocycles. The molecule has 0 radical (unpaired) electrons. The predicted molar refractivity (Wildman–Crippen MR) is 75.2 cm³/mol. The second kappa shape index (κ2) is 4.03. The van der Waals surface area contributed by atoms with Crippen molar-refractivity contribution in [2.45, 2.75) is 6.92 Å². The number of benzene rings is 2. The molecule has 1 aromatic heterocycles. The Morgan fingerprint density at radius 3 is 2.56 bits per heavy atom. The van der Waals surface area contributed by atoms with Crippen LogP contribution in [0, 0.1) is 6.92 Å². The van der Waals surface area contributed by atoms with Crippen LogP contribution in [0.4, 0.5) is 5.69 Å². The Labute approximate surface area is 110 Å². The molecule has 3 rings (SSSR count). The Balaban J connectivity index is 2.28. The van der Waals surface area contributed by atoms with Crippen molar-refractivity contribution in [3.63, 3.8) is 0 Å². The van der Waals surface area contributed by atoms with Crippen molar-refractivity contribution in [2.24, 2.45) is 0 Å². The number of aryl methyl sites for hydroxylation is 1. The van der Waals surface area contributed by atoms with Crippen LogP contribution in [0.2, 0.25) is 5.02 Å². The van der Waals surface area contributed by atoms with E-state index >= 15 is 0 Å². The standard InChI is InChI=1S/C14H12ClN3/c1-9-17-13-8-11(16)4-7-14(13)18(9)12-5-2-10(15)3-6-12/h2-8H,16H2,1H3. The summed E-state index contributed by atoms with van der Waals surface area (Å²) in [6.07, 6.45) is 0. The lowest BCUT2D eigenvalue weighted by Gasteiger charge is -2.06. The van der Waals surface area contributed by atoms with Crippen molar-refractivity contribution in [2.75, 3.05) is 5.73 Å². The zero-order valence-electron chi connectivity index (χ0n) is 9.89. The maximum Gasteiger partial charge on any atom is 0.111 e. The minimum absolute atomic E-state index is 0.725. The van der Waals surface area contributed by atoms with Gasteiger partial charge in [0.1, 0.15) is 5.82 Å². The number of halogens is 1. The minimum Gasteiger partial charge on any atom is -0.399 e. The summed E-state index contributed by atoms with van der Waals surface area (Å²) in [6, 6.07) is 13.5. The first kappa shape index (κ1) is 11.1. The van der Waals surface area contributed by atoms with Gasteiger partial charge in [-0.2, -0.15) is 0 Å². The first-order chi connectivity index (χ1) is 8.65. The molecule has 4 heteroatoms. The minimum atomic E-state index is 0.725. The van der Waals surface area contributed by atoms with E-state index in [1.807, 2.05) is 49.4 Å². The van der Waals surface area contributed by atoms with Gasteiger partial charge in [-0.05, 0) is 49.4 Å². The van der Waals surface area contributed by atoms with Crippen LogP contribution in [-0.4, -0.2) is 9.55 Å². The van der Waals surface area contributed by atoms with Crippen molar-refractivity contribution >= 4 is 28.3 Å². The molecule has 2 N–H and O–H groups in total. The van der Waals surface area contributed by atoms with Crippen LogP contribution < -0.4 is 5.73 Å². The fourth-order valence-electron chi connectivity index (χ4n) is 2.13. The van der Waals surface area contributed by atoms with Crippen LogP contribution in [0.1, 0.15) is 5.82 Å². The van der Waals surface area contributed by atoms with Crippen molar-refractivity contribution in [1.29, 1.82) is 0 Å². The third-order valence-electron chi connectivity index (χ3n) is 2.93. The molecular weight excluding hydrogens is 246 g/mol. The maximum atomic E-state index is 5.91. The number of imidazole rings is 1.